The number of aliphatic hydroxyl groups is 1. The summed E-state index contributed by atoms with van der Waals surface area (Å²) >= 11 is 1.53. The Morgan fingerprint density at radius 2 is 1.91 bits per heavy atom. The number of nitrogens with one attached hydrogen (secondary N) is 1. The van der Waals surface area contributed by atoms with Crippen LogP contribution in [0.15, 0.2) is 0 Å². The van der Waals surface area contributed by atoms with Crippen LogP contribution >= 0.6 is 11.3 Å². The zero-order valence-corrected chi connectivity index (χ0v) is 14.4. The molecular formula is C16H26N4O2S. The van der Waals surface area contributed by atoms with Crippen molar-refractivity contribution in [2.24, 2.45) is 5.92 Å². The number of urea groups is 1. The predicted octanol–water partition coefficient (Wildman–Crippen LogP) is 3.21. The average molecular weight is 338 g/mol. The van der Waals surface area contributed by atoms with Gasteiger partial charge in [0, 0.05) is 25.6 Å². The van der Waals surface area contributed by atoms with Gasteiger partial charge in [-0.1, -0.05) is 30.6 Å². The van der Waals surface area contributed by atoms with Crippen LogP contribution in [0.2, 0.25) is 0 Å². The molecule has 1 aliphatic heterocycles. The number of carbonyl (C=O) groups is 1. The van der Waals surface area contributed by atoms with Gasteiger partial charge in [0.1, 0.15) is 5.01 Å². The van der Waals surface area contributed by atoms with Gasteiger partial charge in [0.05, 0.1) is 0 Å². The fourth-order valence-corrected chi connectivity index (χ4v) is 4.48. The zero-order chi connectivity index (χ0) is 16.1. The smallest absolute Gasteiger partial charge is 0.323 e. The molecular weight excluding hydrogens is 312 g/mol. The lowest BCUT2D eigenvalue weighted by Crippen LogP contribution is -2.41. The summed E-state index contributed by atoms with van der Waals surface area (Å²) in [5.41, 5.74) is 0. The summed E-state index contributed by atoms with van der Waals surface area (Å²) in [5.74, 6) is 1.07. The Labute approximate surface area is 141 Å². The molecule has 1 saturated heterocycles. The fraction of sp³-hybridized carbons (Fsp3) is 0.812. The van der Waals surface area contributed by atoms with E-state index in [9.17, 15) is 4.79 Å². The lowest BCUT2D eigenvalue weighted by Gasteiger charge is -2.31. The summed E-state index contributed by atoms with van der Waals surface area (Å²) in [4.78, 5) is 14.2. The van der Waals surface area contributed by atoms with E-state index in [2.05, 4.69) is 15.5 Å². The van der Waals surface area contributed by atoms with Crippen molar-refractivity contribution in [3.05, 3.63) is 5.01 Å². The van der Waals surface area contributed by atoms with Crippen molar-refractivity contribution in [2.45, 2.75) is 57.3 Å². The first kappa shape index (κ1) is 16.6. The molecule has 0 unspecified atom stereocenters. The van der Waals surface area contributed by atoms with Crippen molar-refractivity contribution >= 4 is 22.5 Å². The largest absolute Gasteiger partial charge is 0.396 e. The molecule has 7 heteroatoms. The molecule has 2 heterocycles. The molecule has 1 aromatic rings. The van der Waals surface area contributed by atoms with Gasteiger partial charge in [0.25, 0.3) is 0 Å². The number of piperidine rings is 1. The van der Waals surface area contributed by atoms with Crippen LogP contribution < -0.4 is 5.32 Å². The third-order valence-electron chi connectivity index (χ3n) is 5.05. The molecule has 2 N–H and O–H groups in total. The van der Waals surface area contributed by atoms with Gasteiger partial charge >= 0.3 is 6.03 Å². The summed E-state index contributed by atoms with van der Waals surface area (Å²) in [6, 6.07) is -0.0706. The Balaban J connectivity index is 1.49. The van der Waals surface area contributed by atoms with E-state index in [4.69, 9.17) is 5.11 Å². The maximum absolute atomic E-state index is 12.3. The van der Waals surface area contributed by atoms with Crippen LogP contribution in [0.5, 0.6) is 0 Å². The number of aliphatic hydroxyl groups excluding tert-OH is 1. The van der Waals surface area contributed by atoms with Crippen LogP contribution in [0, 0.1) is 5.92 Å². The van der Waals surface area contributed by atoms with Crippen molar-refractivity contribution in [2.75, 3.05) is 25.0 Å². The highest BCUT2D eigenvalue weighted by molar-refractivity contribution is 7.15. The molecule has 1 aliphatic carbocycles. The van der Waals surface area contributed by atoms with Gasteiger partial charge in [-0.3, -0.25) is 5.32 Å². The van der Waals surface area contributed by atoms with E-state index in [1.165, 1.54) is 43.4 Å². The van der Waals surface area contributed by atoms with Crippen LogP contribution in [-0.4, -0.2) is 45.9 Å². The molecule has 2 aliphatic rings. The standard InChI is InChI=1S/C16H26N4O2S/c21-11-8-12-6-9-20(10-7-12)16(22)17-15-19-18-14(23-15)13-4-2-1-3-5-13/h12-13,21H,1-11H2,(H,17,19,22). The fourth-order valence-electron chi connectivity index (χ4n) is 3.58. The second-order valence-corrected chi connectivity index (χ2v) is 7.66. The van der Waals surface area contributed by atoms with E-state index in [0.717, 1.165) is 37.4 Å². The van der Waals surface area contributed by atoms with Crippen molar-refractivity contribution in [3.63, 3.8) is 0 Å². The number of nitrogens with zero attached hydrogens (tertiary/aromatic N) is 3. The first-order chi connectivity index (χ1) is 11.3. The first-order valence-electron chi connectivity index (χ1n) is 8.76. The monoisotopic (exact) mass is 338 g/mol. The minimum atomic E-state index is -0.0706. The van der Waals surface area contributed by atoms with Gasteiger partial charge in [0.2, 0.25) is 5.13 Å². The molecule has 0 spiro atoms. The Morgan fingerprint density at radius 1 is 1.17 bits per heavy atom. The van der Waals surface area contributed by atoms with Gasteiger partial charge in [-0.2, -0.15) is 0 Å². The molecule has 3 rings (SSSR count). The molecule has 0 aromatic carbocycles. The topological polar surface area (TPSA) is 78.4 Å². The normalized spacial score (nSPS) is 20.7. The lowest BCUT2D eigenvalue weighted by molar-refractivity contribution is 0.167. The number of carbonyl (C=O) groups excluding carboxylic acids is 1. The van der Waals surface area contributed by atoms with E-state index < -0.39 is 0 Å². The highest BCUT2D eigenvalue weighted by Gasteiger charge is 2.24. The minimum absolute atomic E-state index is 0.0706. The van der Waals surface area contributed by atoms with E-state index >= 15 is 0 Å². The van der Waals surface area contributed by atoms with Crippen molar-refractivity contribution in [3.8, 4) is 0 Å². The Bertz CT molecular complexity index is 508. The lowest BCUT2D eigenvalue weighted by atomic mass is 9.90. The van der Waals surface area contributed by atoms with E-state index in [-0.39, 0.29) is 12.6 Å². The number of aromatic nitrogens is 2. The van der Waals surface area contributed by atoms with E-state index in [0.29, 0.717) is 17.0 Å². The van der Waals surface area contributed by atoms with Gasteiger partial charge in [0.15, 0.2) is 0 Å². The molecule has 0 atom stereocenters. The Hall–Kier alpha value is -1.21. The first-order valence-corrected chi connectivity index (χ1v) is 9.58. The molecule has 6 nitrogen and oxygen atoms in total. The number of likely N-dealkylation sites (tertiary alicyclic amines) is 1. The summed E-state index contributed by atoms with van der Waals surface area (Å²) in [6.07, 6.45) is 9.04. The minimum Gasteiger partial charge on any atom is -0.396 e. The van der Waals surface area contributed by atoms with Gasteiger partial charge < -0.3 is 10.0 Å². The maximum Gasteiger partial charge on any atom is 0.323 e. The number of rotatable bonds is 4. The highest BCUT2D eigenvalue weighted by atomic mass is 32.1. The SMILES string of the molecule is O=C(Nc1nnc(C2CCCCC2)s1)N1CCC(CCO)CC1. The summed E-state index contributed by atoms with van der Waals surface area (Å²) in [6.45, 7) is 1.75. The van der Waals surface area contributed by atoms with Crippen LogP contribution in [0.25, 0.3) is 0 Å². The van der Waals surface area contributed by atoms with E-state index in [1.807, 2.05) is 4.90 Å². The van der Waals surface area contributed by atoms with Crippen molar-refractivity contribution < 1.29 is 9.90 Å². The molecule has 0 radical (unpaired) electrons. The molecule has 2 amide bonds. The molecule has 128 valence electrons. The number of amides is 2. The molecule has 0 bridgehead atoms. The third-order valence-corrected chi connectivity index (χ3v) is 6.05. The number of hydrogen-bond donors (Lipinski definition) is 2. The molecule has 1 aromatic heterocycles. The summed E-state index contributed by atoms with van der Waals surface area (Å²) in [5, 5.41) is 22.0. The maximum atomic E-state index is 12.3. The summed E-state index contributed by atoms with van der Waals surface area (Å²) < 4.78 is 0. The number of hydrogen-bond acceptors (Lipinski definition) is 5. The van der Waals surface area contributed by atoms with Crippen LogP contribution in [0.1, 0.15) is 62.3 Å². The highest BCUT2D eigenvalue weighted by Crippen LogP contribution is 2.35. The van der Waals surface area contributed by atoms with Gasteiger partial charge in [-0.25, -0.2) is 4.79 Å². The average Bonchev–Trinajstić information content (AvgIpc) is 3.05. The Morgan fingerprint density at radius 3 is 2.61 bits per heavy atom. The molecule has 2 fully saturated rings. The predicted molar refractivity (Wildman–Crippen MR) is 90.8 cm³/mol. The van der Waals surface area contributed by atoms with Gasteiger partial charge in [-0.15, -0.1) is 10.2 Å². The summed E-state index contributed by atoms with van der Waals surface area (Å²) in [7, 11) is 0. The second kappa shape index (κ2) is 8.06. The molecule has 23 heavy (non-hydrogen) atoms. The van der Waals surface area contributed by atoms with Crippen molar-refractivity contribution in [1.29, 1.82) is 0 Å². The quantitative estimate of drug-likeness (QED) is 0.883. The second-order valence-electron chi connectivity index (χ2n) is 6.65. The van der Waals surface area contributed by atoms with Crippen LogP contribution in [-0.2, 0) is 0 Å². The van der Waals surface area contributed by atoms with Crippen LogP contribution in [0.3, 0.4) is 0 Å². The number of anilines is 1. The van der Waals surface area contributed by atoms with E-state index in [1.54, 1.807) is 0 Å². The zero-order valence-electron chi connectivity index (χ0n) is 13.5. The molecule has 1 saturated carbocycles. The Kier molecular flexibility index (Phi) is 5.83. The van der Waals surface area contributed by atoms with Gasteiger partial charge in [-0.05, 0) is 38.0 Å². The third kappa shape index (κ3) is 4.41. The van der Waals surface area contributed by atoms with Crippen molar-refractivity contribution in [1.82, 2.24) is 15.1 Å². The van der Waals surface area contributed by atoms with Crippen LogP contribution in [0.4, 0.5) is 9.93 Å².